The van der Waals surface area contributed by atoms with Crippen molar-refractivity contribution in [2.24, 2.45) is 0 Å². The molecule has 0 spiro atoms. The van der Waals surface area contributed by atoms with E-state index in [1.807, 2.05) is 83.6 Å². The summed E-state index contributed by atoms with van der Waals surface area (Å²) in [6.45, 7) is 2.41. The molecule has 15 rings (SSSR count). The molecule has 1 aliphatic rings. The lowest BCUT2D eigenvalue weighted by Crippen LogP contribution is -2.30. The number of carbonyl (C=O) groups excluding carboxylic acids is 4. The number of nitrogens with one attached hydrogen (secondary N) is 5. The lowest BCUT2D eigenvalue weighted by Gasteiger charge is -2.15. The van der Waals surface area contributed by atoms with Gasteiger partial charge in [0.1, 0.15) is 12.7 Å². The van der Waals surface area contributed by atoms with E-state index in [0.29, 0.717) is 121 Å². The summed E-state index contributed by atoms with van der Waals surface area (Å²) in [5.74, 6) is -0.405. The van der Waals surface area contributed by atoms with Gasteiger partial charge in [0.25, 0.3) is 17.7 Å². The molecule has 7 heterocycles. The minimum Gasteiger partial charge on any atom is -0.343 e. The number of carbonyl (C=O) groups is 4. The van der Waals surface area contributed by atoms with Gasteiger partial charge in [0.2, 0.25) is 26.0 Å². The monoisotopic (exact) mass is 1540 g/mol. The smallest absolute Gasteiger partial charge is 0.257 e. The maximum absolute atomic E-state index is 12.9. The second kappa shape index (κ2) is 34.0. The van der Waals surface area contributed by atoms with Crippen LogP contribution in [0.2, 0.25) is 15.1 Å². The zero-order valence-electron chi connectivity index (χ0n) is 57.0. The normalized spacial score (nSPS) is 12.1. The molecule has 14 aromatic rings. The van der Waals surface area contributed by atoms with E-state index in [9.17, 15) is 36.0 Å². The molecule has 1 fully saturated rings. The fourth-order valence-electron chi connectivity index (χ4n) is 11.3. The van der Waals surface area contributed by atoms with Gasteiger partial charge in [0.15, 0.2) is 5.82 Å². The van der Waals surface area contributed by atoms with Gasteiger partial charge in [-0.2, -0.15) is 5.10 Å². The molecule has 0 unspecified atom stereocenters. The molecule has 0 atom stereocenters. The minimum atomic E-state index is -3.74. The molecule has 31 heteroatoms. The van der Waals surface area contributed by atoms with Crippen molar-refractivity contribution >= 4 is 129 Å². The van der Waals surface area contributed by atoms with Crippen molar-refractivity contribution in [3.8, 4) is 39.6 Å². The van der Waals surface area contributed by atoms with E-state index in [0.717, 1.165) is 46.1 Å². The highest BCUT2D eigenvalue weighted by molar-refractivity contribution is 7.89. The van der Waals surface area contributed by atoms with Crippen molar-refractivity contribution in [2.45, 2.75) is 42.0 Å². The Morgan fingerprint density at radius 1 is 0.454 bits per heavy atom. The number of pyridine rings is 1. The predicted molar refractivity (Wildman–Crippen MR) is 414 cm³/mol. The second-order valence-corrected chi connectivity index (χ2v) is 29.0. The van der Waals surface area contributed by atoms with E-state index in [1.54, 1.807) is 103 Å². The number of fused-ring (bicyclic) bond motifs is 3. The molecule has 8 aromatic carbocycles. The van der Waals surface area contributed by atoms with Crippen molar-refractivity contribution in [3.63, 3.8) is 0 Å². The quantitative estimate of drug-likeness (QED) is 0.0394. The summed E-state index contributed by atoms with van der Waals surface area (Å²) >= 11 is 19.2. The van der Waals surface area contributed by atoms with Crippen LogP contribution in [0.15, 0.2) is 254 Å². The molecule has 0 radical (unpaired) electrons. The molecule has 0 saturated carbocycles. The van der Waals surface area contributed by atoms with Crippen molar-refractivity contribution in [1.29, 1.82) is 0 Å². The highest BCUT2D eigenvalue weighted by atomic mass is 35.5. The highest BCUT2D eigenvalue weighted by Crippen LogP contribution is 2.34. The fourth-order valence-corrected chi connectivity index (χ4v) is 14.1. The number of imidazole rings is 1. The maximum atomic E-state index is 12.9. The summed E-state index contributed by atoms with van der Waals surface area (Å²) in [6, 6.07) is 52.8. The van der Waals surface area contributed by atoms with Gasteiger partial charge < -0.3 is 25.4 Å². The van der Waals surface area contributed by atoms with Gasteiger partial charge in [-0.1, -0.05) is 71.2 Å². The molecule has 1 saturated heterocycles. The number of sulfonamides is 2. The topological polar surface area (TPSA) is 339 Å². The number of anilines is 3. The summed E-state index contributed by atoms with van der Waals surface area (Å²) < 4.78 is 59.0. The van der Waals surface area contributed by atoms with Gasteiger partial charge in [0, 0.05) is 103 Å². The lowest BCUT2D eigenvalue weighted by atomic mass is 10.1. The Hall–Kier alpha value is -12.2. The highest BCUT2D eigenvalue weighted by Gasteiger charge is 2.22. The molecule has 108 heavy (non-hydrogen) atoms. The molecule has 542 valence electrons. The van der Waals surface area contributed by atoms with E-state index < -0.39 is 26.0 Å². The average molecular weight is 1540 g/mol. The Morgan fingerprint density at radius 2 is 0.880 bits per heavy atom. The first-order chi connectivity index (χ1) is 52.4. The number of nitrogens with zero attached hydrogens (tertiary/aromatic N) is 13. The zero-order chi connectivity index (χ0) is 75.2. The van der Waals surface area contributed by atoms with Crippen molar-refractivity contribution in [3.05, 3.63) is 276 Å². The van der Waals surface area contributed by atoms with Crippen LogP contribution in [0.3, 0.4) is 0 Å². The molecule has 0 aliphatic carbocycles. The van der Waals surface area contributed by atoms with Gasteiger partial charge in [-0.25, -0.2) is 60.9 Å². The van der Waals surface area contributed by atoms with Crippen LogP contribution < -0.4 is 25.4 Å². The molecule has 4 amide bonds. The van der Waals surface area contributed by atoms with Crippen LogP contribution in [0.1, 0.15) is 56.8 Å². The summed E-state index contributed by atoms with van der Waals surface area (Å²) in [7, 11) is -7.43. The molecular weight excluding hydrogens is 1480 g/mol. The van der Waals surface area contributed by atoms with Crippen molar-refractivity contribution in [2.75, 3.05) is 42.1 Å². The van der Waals surface area contributed by atoms with Gasteiger partial charge >= 0.3 is 0 Å². The number of para-hydroxylation sites is 6. The second-order valence-electron chi connectivity index (χ2n) is 24.3. The Morgan fingerprint density at radius 3 is 1.27 bits per heavy atom. The van der Waals surface area contributed by atoms with Crippen LogP contribution in [-0.4, -0.2) is 131 Å². The number of aromatic nitrogens is 12. The number of aryl methyl sites for hydroxylation is 1. The summed E-state index contributed by atoms with van der Waals surface area (Å²) in [4.78, 5) is 91.3. The third kappa shape index (κ3) is 18.5. The van der Waals surface area contributed by atoms with Gasteiger partial charge in [-0.15, -0.1) is 0 Å². The first-order valence-corrected chi connectivity index (χ1v) is 37.7. The third-order valence-electron chi connectivity index (χ3n) is 16.9. The van der Waals surface area contributed by atoms with Gasteiger partial charge in [0.05, 0.1) is 106 Å². The van der Waals surface area contributed by atoms with Crippen molar-refractivity contribution in [1.82, 2.24) is 73.5 Å². The fraction of sp³-hybridized carbons (Fsp3) is 0.117. The molecule has 6 aromatic heterocycles. The Kier molecular flexibility index (Phi) is 23.3. The number of hydrogen-bond acceptors (Lipinski definition) is 18. The number of halogens is 3. The Labute approximate surface area is 633 Å². The van der Waals surface area contributed by atoms with Crippen LogP contribution in [-0.2, 0) is 31.4 Å². The molecular formula is C77H63Cl3N18O8S2. The lowest BCUT2D eigenvalue weighted by molar-refractivity contribution is -0.127. The largest absolute Gasteiger partial charge is 0.343 e. The third-order valence-corrected chi connectivity index (χ3v) is 20.8. The zero-order valence-corrected chi connectivity index (χ0v) is 60.9. The van der Waals surface area contributed by atoms with Crippen LogP contribution in [0, 0.1) is 0 Å². The Balaban J connectivity index is 0.000000144. The van der Waals surface area contributed by atoms with Gasteiger partial charge in [-0.05, 0) is 171 Å². The Bertz CT molecular complexity index is 5860. The number of likely N-dealkylation sites (tertiary alicyclic amines) is 1. The molecule has 1 aliphatic heterocycles. The standard InChI is InChI=1S/C28H26ClN5O4S.C27H23ClN6O3S.C22H14ClN7O/c29-23-13-10-20(17-22(23)26-18-30-24-5-1-2-6-25(24)33-26)32-28(36)19-8-11-21(12-9-19)39(37,38)31-14-4-16-34-15-3-7-27(34)35;28-23-11-8-20(16-22(23)26-17-30-24-4-1-2-5-25(24)33-26)32-27(35)19-6-9-21(10-7-19)38(36,37)31-12-3-14-34-15-13-29-18-34;23-17-7-6-15(9-16(17)20-11-25-18-3-1-2-4-19(18)29-20)28-22(31)14-5-8-21(26-10-14)30-13-24-12-27-30/h1-2,5-6,8-13,17-18,31H,3-4,7,14-16H2,(H,32,36);1-2,4-11,13,15-18,31H,3,12,14H2,(H,32,35);1-13H,(H,28,31). The van der Waals surface area contributed by atoms with Crippen LogP contribution in [0.4, 0.5) is 17.1 Å². The van der Waals surface area contributed by atoms with E-state index in [2.05, 4.69) is 75.3 Å². The van der Waals surface area contributed by atoms with Crippen molar-refractivity contribution < 1.29 is 36.0 Å². The number of amides is 4. The van der Waals surface area contributed by atoms with E-state index in [-0.39, 0.29) is 40.6 Å². The molecule has 26 nitrogen and oxygen atoms in total. The summed E-state index contributed by atoms with van der Waals surface area (Å²) in [5.41, 5.74) is 10.9. The first kappa shape index (κ1) is 74.1. The van der Waals surface area contributed by atoms with Crippen LogP contribution in [0.25, 0.3) is 72.7 Å². The molecule has 0 bridgehead atoms. The summed E-state index contributed by atoms with van der Waals surface area (Å²) in [5, 5.41) is 14.0. The van der Waals surface area contributed by atoms with E-state index in [4.69, 9.17) is 34.8 Å². The van der Waals surface area contributed by atoms with Gasteiger partial charge in [-0.3, -0.25) is 34.1 Å². The van der Waals surface area contributed by atoms with Crippen LogP contribution >= 0.6 is 34.8 Å². The molecule has 5 N–H and O–H groups in total. The number of benzene rings is 8. The summed E-state index contributed by atoms with van der Waals surface area (Å²) in [6.07, 6.45) is 17.1. The maximum Gasteiger partial charge on any atom is 0.257 e. The first-order valence-electron chi connectivity index (χ1n) is 33.6. The SMILES string of the molecule is O=C(Nc1ccc(Cl)c(-c2cnc3ccccc3n2)c1)c1ccc(-n2cncn2)nc1.O=C(Nc1ccc(Cl)c(-c2cnc3ccccc3n2)c1)c1ccc(S(=O)(=O)NCCCN2CCCC2=O)cc1.O=C(Nc1ccc(Cl)c(-c2cnc3ccccc3n2)c1)c1ccc(S(=O)(=O)NCCCn2ccnc2)cc1. The number of hydrogen-bond donors (Lipinski definition) is 5. The van der Waals surface area contributed by atoms with E-state index in [1.165, 1.54) is 72.1 Å². The number of rotatable bonds is 22. The minimum absolute atomic E-state index is 0.0555. The van der Waals surface area contributed by atoms with E-state index >= 15 is 0 Å². The average Bonchev–Trinajstić information content (AvgIpc) is 1.07. The van der Waals surface area contributed by atoms with Crippen LogP contribution in [0.5, 0.6) is 0 Å². The predicted octanol–water partition coefficient (Wildman–Crippen LogP) is 13.4.